The van der Waals surface area contributed by atoms with E-state index in [0.717, 1.165) is 33.8 Å². The maximum atomic E-state index is 11.4. The summed E-state index contributed by atoms with van der Waals surface area (Å²) in [5.41, 5.74) is 12.9. The zero-order valence-electron chi connectivity index (χ0n) is 19.9. The first-order valence-electron chi connectivity index (χ1n) is 10.9. The molecule has 2 aromatic rings. The summed E-state index contributed by atoms with van der Waals surface area (Å²) in [6.45, 7) is 7.51. The normalized spacial score (nSPS) is 20.8. The number of carbonyl (C=O) groups excluding carboxylic acids is 2. The zero-order chi connectivity index (χ0) is 25.4. The van der Waals surface area contributed by atoms with Gasteiger partial charge in [0.15, 0.2) is 12.2 Å². The van der Waals surface area contributed by atoms with Gasteiger partial charge in [-0.1, -0.05) is 58.0 Å². The Balaban J connectivity index is 1.36. The van der Waals surface area contributed by atoms with Crippen LogP contribution >= 0.6 is 31.4 Å². The van der Waals surface area contributed by atoms with Crippen molar-refractivity contribution in [2.75, 3.05) is 0 Å². The van der Waals surface area contributed by atoms with E-state index >= 15 is 0 Å². The molecule has 11 heteroatoms. The highest BCUT2D eigenvalue weighted by molar-refractivity contribution is 9.09. The van der Waals surface area contributed by atoms with Gasteiger partial charge in [-0.25, -0.2) is 9.59 Å². The Kier molecular flexibility index (Phi) is 7.31. The molecule has 4 N–H and O–H groups in total. The number of primary amides is 2. The molecule has 2 amide bonds. The minimum atomic E-state index is -0.821. The average Bonchev–Trinajstić information content (AvgIpc) is 3.17. The Morgan fingerprint density at radius 3 is 1.57 bits per heavy atom. The predicted octanol–water partition coefficient (Wildman–Crippen LogP) is 6.03. The van der Waals surface area contributed by atoms with Crippen LogP contribution in [0.3, 0.4) is 0 Å². The molecule has 2 heterocycles. The minimum Gasteiger partial charge on any atom is -0.483 e. The SMILES string of the molecule is CC1(C)Oc2c(CSSSCc3cccc4c3OC(C)(C)C4OC(N)=O)cccc2C1OC(N)=O. The average molecular weight is 537 g/mol. The van der Waals surface area contributed by atoms with Crippen LogP contribution in [0.2, 0.25) is 0 Å². The van der Waals surface area contributed by atoms with Crippen LogP contribution in [-0.2, 0) is 21.0 Å². The molecule has 8 nitrogen and oxygen atoms in total. The van der Waals surface area contributed by atoms with E-state index in [4.69, 9.17) is 30.4 Å². The van der Waals surface area contributed by atoms with Crippen molar-refractivity contribution in [1.29, 1.82) is 0 Å². The van der Waals surface area contributed by atoms with Gasteiger partial charge in [0, 0.05) is 33.8 Å². The van der Waals surface area contributed by atoms with Gasteiger partial charge in [-0.2, -0.15) is 0 Å². The van der Waals surface area contributed by atoms with Gasteiger partial charge < -0.3 is 30.4 Å². The molecule has 2 unspecified atom stereocenters. The van der Waals surface area contributed by atoms with Gasteiger partial charge in [-0.05, 0) is 37.5 Å². The standard InChI is InChI=1S/C24H28N2O6S3/c1-23(2)19(29-21(25)27)15-9-5-7-13(17(15)31-23)11-33-35-34-12-14-8-6-10-16-18(14)32-24(3,4)20(16)30-22(26)28/h5-10,19-20H,11-12H2,1-4H3,(H2,25,27)(H2,26,28). The summed E-state index contributed by atoms with van der Waals surface area (Å²) in [6.07, 6.45) is -2.74. The molecular formula is C24H28N2O6S3. The third-order valence-electron chi connectivity index (χ3n) is 5.81. The van der Waals surface area contributed by atoms with Gasteiger partial charge in [0.2, 0.25) is 0 Å². The molecule has 0 radical (unpaired) electrons. The summed E-state index contributed by atoms with van der Waals surface area (Å²) >= 11 is 0. The molecule has 2 aromatic carbocycles. The van der Waals surface area contributed by atoms with E-state index in [1.54, 1.807) is 31.4 Å². The molecule has 188 valence electrons. The van der Waals surface area contributed by atoms with Gasteiger partial charge in [-0.15, -0.1) is 0 Å². The molecule has 2 atom stereocenters. The summed E-state index contributed by atoms with van der Waals surface area (Å²) in [5.74, 6) is 2.92. The smallest absolute Gasteiger partial charge is 0.405 e. The molecule has 0 saturated carbocycles. The Morgan fingerprint density at radius 1 is 0.800 bits per heavy atom. The highest BCUT2D eigenvalue weighted by Gasteiger charge is 2.45. The number of fused-ring (bicyclic) bond motifs is 2. The van der Waals surface area contributed by atoms with Crippen LogP contribution in [0.4, 0.5) is 9.59 Å². The van der Waals surface area contributed by atoms with Crippen molar-refractivity contribution in [2.24, 2.45) is 11.5 Å². The molecule has 0 spiro atoms. The monoisotopic (exact) mass is 536 g/mol. The van der Waals surface area contributed by atoms with Crippen molar-refractivity contribution in [1.82, 2.24) is 0 Å². The lowest BCUT2D eigenvalue weighted by Gasteiger charge is -2.25. The summed E-state index contributed by atoms with van der Waals surface area (Å²) in [7, 11) is 5.05. The third-order valence-corrected chi connectivity index (χ3v) is 9.87. The lowest BCUT2D eigenvalue weighted by molar-refractivity contribution is -0.0102. The van der Waals surface area contributed by atoms with Gasteiger partial charge in [0.05, 0.1) is 0 Å². The molecular weight excluding hydrogens is 508 g/mol. The van der Waals surface area contributed by atoms with E-state index in [9.17, 15) is 9.59 Å². The molecule has 4 rings (SSSR count). The Hall–Kier alpha value is -2.37. The molecule has 35 heavy (non-hydrogen) atoms. The number of hydrogen-bond acceptors (Lipinski definition) is 9. The van der Waals surface area contributed by atoms with Gasteiger partial charge in [-0.3, -0.25) is 0 Å². The largest absolute Gasteiger partial charge is 0.483 e. The number of hydrogen-bond donors (Lipinski definition) is 2. The van der Waals surface area contributed by atoms with Crippen LogP contribution in [0, 0.1) is 0 Å². The quantitative estimate of drug-likeness (QED) is 0.307. The van der Waals surface area contributed by atoms with Crippen molar-refractivity contribution in [3.05, 3.63) is 58.7 Å². The fourth-order valence-corrected chi connectivity index (χ4v) is 7.94. The van der Waals surface area contributed by atoms with Gasteiger partial charge in [0.1, 0.15) is 22.7 Å². The van der Waals surface area contributed by atoms with Gasteiger partial charge >= 0.3 is 12.2 Å². The first-order chi connectivity index (χ1) is 16.5. The summed E-state index contributed by atoms with van der Waals surface area (Å²) in [5, 5.41) is 0. The second-order valence-corrected chi connectivity index (χ2v) is 13.5. The topological polar surface area (TPSA) is 123 Å². The number of amides is 2. The van der Waals surface area contributed by atoms with Crippen molar-refractivity contribution in [3.63, 3.8) is 0 Å². The van der Waals surface area contributed by atoms with Gasteiger partial charge in [0.25, 0.3) is 0 Å². The minimum absolute atomic E-state index is 0.547. The number of nitrogens with two attached hydrogens (primary N) is 2. The van der Waals surface area contributed by atoms with E-state index in [2.05, 4.69) is 0 Å². The van der Waals surface area contributed by atoms with E-state index in [-0.39, 0.29) is 0 Å². The second-order valence-electron chi connectivity index (χ2n) is 9.31. The summed E-state index contributed by atoms with van der Waals surface area (Å²) in [4.78, 5) is 22.7. The molecule has 0 fully saturated rings. The lowest BCUT2D eigenvalue weighted by Crippen LogP contribution is -2.34. The molecule has 0 aromatic heterocycles. The number of para-hydroxylation sites is 2. The first-order valence-corrected chi connectivity index (χ1v) is 14.8. The van der Waals surface area contributed by atoms with Crippen LogP contribution in [0.25, 0.3) is 0 Å². The Morgan fingerprint density at radius 2 is 1.20 bits per heavy atom. The van der Waals surface area contributed by atoms with Crippen LogP contribution in [0.5, 0.6) is 11.5 Å². The first kappa shape index (κ1) is 25.7. The van der Waals surface area contributed by atoms with Crippen LogP contribution in [-0.4, -0.2) is 23.4 Å². The van der Waals surface area contributed by atoms with Crippen LogP contribution in [0.15, 0.2) is 36.4 Å². The molecule has 0 bridgehead atoms. The summed E-state index contributed by atoms with van der Waals surface area (Å²) in [6, 6.07) is 11.7. The summed E-state index contributed by atoms with van der Waals surface area (Å²) < 4.78 is 23.0. The highest BCUT2D eigenvalue weighted by Crippen LogP contribution is 2.51. The van der Waals surface area contributed by atoms with Crippen molar-refractivity contribution < 1.29 is 28.5 Å². The zero-order valence-corrected chi connectivity index (χ0v) is 22.3. The van der Waals surface area contributed by atoms with Crippen molar-refractivity contribution in [2.45, 2.75) is 62.6 Å². The van der Waals surface area contributed by atoms with E-state index in [1.165, 1.54) is 0 Å². The number of rotatable bonds is 8. The predicted molar refractivity (Wildman–Crippen MR) is 139 cm³/mol. The maximum Gasteiger partial charge on any atom is 0.405 e. The van der Waals surface area contributed by atoms with E-state index in [0.29, 0.717) is 11.5 Å². The van der Waals surface area contributed by atoms with E-state index < -0.39 is 35.6 Å². The Labute approximate surface area is 215 Å². The number of benzene rings is 2. The maximum absolute atomic E-state index is 11.4. The molecule has 2 aliphatic rings. The van der Waals surface area contributed by atoms with Crippen LogP contribution in [0.1, 0.15) is 62.2 Å². The van der Waals surface area contributed by atoms with Crippen molar-refractivity contribution in [3.8, 4) is 11.5 Å². The fourth-order valence-electron chi connectivity index (χ4n) is 4.33. The Bertz CT molecular complexity index is 1050. The molecule has 0 saturated heterocycles. The third kappa shape index (κ3) is 5.41. The van der Waals surface area contributed by atoms with Crippen molar-refractivity contribution >= 4 is 43.6 Å². The molecule has 2 aliphatic heterocycles. The second kappa shape index (κ2) is 9.94. The fraction of sp³-hybridized carbons (Fsp3) is 0.417. The number of carbonyl (C=O) groups is 2. The molecule has 0 aliphatic carbocycles. The highest BCUT2D eigenvalue weighted by atomic mass is 33.5. The lowest BCUT2D eigenvalue weighted by atomic mass is 9.96. The van der Waals surface area contributed by atoms with Crippen LogP contribution < -0.4 is 20.9 Å². The van der Waals surface area contributed by atoms with E-state index in [1.807, 2.05) is 64.1 Å². The number of ether oxygens (including phenoxy) is 4.